The maximum absolute atomic E-state index is 11.3. The van der Waals surface area contributed by atoms with Gasteiger partial charge in [0.15, 0.2) is 0 Å². The van der Waals surface area contributed by atoms with Crippen molar-refractivity contribution in [1.29, 1.82) is 5.26 Å². The summed E-state index contributed by atoms with van der Waals surface area (Å²) in [5.41, 5.74) is 0.308. The standard InChI is InChI=1S/C9H7ClN2O2/c1-2-14-9(13)7-5-12-8(10)3-6(7)4-11/h3,5H,2H2,1H3. The Morgan fingerprint density at radius 2 is 2.50 bits per heavy atom. The third-order valence-electron chi connectivity index (χ3n) is 1.49. The third kappa shape index (κ3) is 2.21. The molecule has 1 aromatic heterocycles. The molecule has 4 nitrogen and oxygen atoms in total. The smallest absolute Gasteiger partial charge is 0.341 e. The largest absolute Gasteiger partial charge is 0.462 e. The quantitative estimate of drug-likeness (QED) is 0.551. The number of pyridine rings is 1. The second-order valence-electron chi connectivity index (χ2n) is 2.38. The van der Waals surface area contributed by atoms with Crippen LogP contribution in [0.15, 0.2) is 12.3 Å². The normalized spacial score (nSPS) is 9.21. The summed E-state index contributed by atoms with van der Waals surface area (Å²) in [6, 6.07) is 3.18. The topological polar surface area (TPSA) is 63.0 Å². The van der Waals surface area contributed by atoms with Gasteiger partial charge in [-0.1, -0.05) is 11.6 Å². The first-order valence-electron chi connectivity index (χ1n) is 3.91. The average molecular weight is 211 g/mol. The molecule has 0 saturated carbocycles. The highest BCUT2D eigenvalue weighted by atomic mass is 35.5. The molecule has 0 aliphatic heterocycles. The minimum atomic E-state index is -0.562. The maximum atomic E-state index is 11.3. The molecule has 1 aromatic rings. The van der Waals surface area contributed by atoms with Crippen LogP contribution in [0.3, 0.4) is 0 Å². The van der Waals surface area contributed by atoms with Gasteiger partial charge in [-0.25, -0.2) is 9.78 Å². The predicted molar refractivity (Wildman–Crippen MR) is 49.9 cm³/mol. The fraction of sp³-hybridized carbons (Fsp3) is 0.222. The summed E-state index contributed by atoms with van der Waals surface area (Å²) in [5, 5.41) is 8.89. The molecular formula is C9H7ClN2O2. The SMILES string of the molecule is CCOC(=O)c1cnc(Cl)cc1C#N. The van der Waals surface area contributed by atoms with Gasteiger partial charge in [0.05, 0.1) is 17.7 Å². The van der Waals surface area contributed by atoms with Crippen LogP contribution in [-0.2, 0) is 4.74 Å². The number of nitrogens with zero attached hydrogens (tertiary/aromatic N) is 2. The molecule has 0 unspecified atom stereocenters. The van der Waals surface area contributed by atoms with E-state index in [4.69, 9.17) is 21.6 Å². The number of esters is 1. The van der Waals surface area contributed by atoms with Gasteiger partial charge in [-0.15, -0.1) is 0 Å². The number of halogens is 1. The lowest BCUT2D eigenvalue weighted by Crippen LogP contribution is -2.07. The summed E-state index contributed by atoms with van der Waals surface area (Å²) in [4.78, 5) is 15.0. The molecule has 72 valence electrons. The summed E-state index contributed by atoms with van der Waals surface area (Å²) < 4.78 is 4.74. The summed E-state index contributed by atoms with van der Waals surface area (Å²) >= 11 is 5.56. The number of rotatable bonds is 2. The van der Waals surface area contributed by atoms with Crippen molar-refractivity contribution >= 4 is 17.6 Å². The number of carbonyl (C=O) groups excluding carboxylic acids is 1. The molecule has 0 radical (unpaired) electrons. The first-order chi connectivity index (χ1) is 6.69. The van der Waals surface area contributed by atoms with Gasteiger partial charge in [0.2, 0.25) is 0 Å². The summed E-state index contributed by atoms with van der Waals surface area (Å²) in [6.07, 6.45) is 1.23. The molecule has 0 bridgehead atoms. The van der Waals surface area contributed by atoms with E-state index in [1.165, 1.54) is 12.3 Å². The first kappa shape index (κ1) is 10.5. The van der Waals surface area contributed by atoms with Gasteiger partial charge in [0.1, 0.15) is 11.2 Å². The summed E-state index contributed by atoms with van der Waals surface area (Å²) in [5.74, 6) is -0.562. The maximum Gasteiger partial charge on any atom is 0.341 e. The van der Waals surface area contributed by atoms with Gasteiger partial charge in [-0.2, -0.15) is 5.26 Å². The number of hydrogen-bond acceptors (Lipinski definition) is 4. The van der Waals surface area contributed by atoms with Crippen molar-refractivity contribution in [2.75, 3.05) is 6.61 Å². The van der Waals surface area contributed by atoms with Crippen LogP contribution in [0.4, 0.5) is 0 Å². The van der Waals surface area contributed by atoms with Gasteiger partial charge in [0.25, 0.3) is 0 Å². The van der Waals surface area contributed by atoms with Crippen molar-refractivity contribution in [2.24, 2.45) is 0 Å². The molecule has 0 aliphatic rings. The Kier molecular flexibility index (Phi) is 3.43. The molecule has 1 rings (SSSR count). The molecule has 0 saturated heterocycles. The van der Waals surface area contributed by atoms with Crippen molar-refractivity contribution < 1.29 is 9.53 Å². The Bertz CT molecular complexity index is 398. The molecule has 0 atom stereocenters. The van der Waals surface area contributed by atoms with E-state index in [2.05, 4.69) is 4.98 Å². The van der Waals surface area contributed by atoms with E-state index in [1.54, 1.807) is 6.92 Å². The van der Waals surface area contributed by atoms with E-state index in [0.717, 1.165) is 0 Å². The highest BCUT2D eigenvalue weighted by Crippen LogP contribution is 2.13. The van der Waals surface area contributed by atoms with E-state index in [1.807, 2.05) is 6.07 Å². The van der Waals surface area contributed by atoms with E-state index in [9.17, 15) is 4.79 Å². The zero-order valence-electron chi connectivity index (χ0n) is 7.45. The summed E-state index contributed by atoms with van der Waals surface area (Å²) in [6.45, 7) is 1.94. The van der Waals surface area contributed by atoms with E-state index >= 15 is 0 Å². The summed E-state index contributed by atoms with van der Waals surface area (Å²) in [7, 11) is 0. The van der Waals surface area contributed by atoms with Crippen molar-refractivity contribution in [1.82, 2.24) is 4.98 Å². The first-order valence-corrected chi connectivity index (χ1v) is 4.29. The van der Waals surface area contributed by atoms with E-state index < -0.39 is 5.97 Å². The monoisotopic (exact) mass is 210 g/mol. The highest BCUT2D eigenvalue weighted by molar-refractivity contribution is 6.29. The fourth-order valence-electron chi connectivity index (χ4n) is 0.894. The molecule has 0 aromatic carbocycles. The number of nitriles is 1. The molecule has 14 heavy (non-hydrogen) atoms. The van der Waals surface area contributed by atoms with Gasteiger partial charge >= 0.3 is 5.97 Å². The zero-order valence-corrected chi connectivity index (χ0v) is 8.21. The van der Waals surface area contributed by atoms with Crippen molar-refractivity contribution in [3.63, 3.8) is 0 Å². The number of hydrogen-bond donors (Lipinski definition) is 0. The number of ether oxygens (including phenoxy) is 1. The highest BCUT2D eigenvalue weighted by Gasteiger charge is 2.13. The van der Waals surface area contributed by atoms with Gasteiger partial charge in [-0.05, 0) is 13.0 Å². The second-order valence-corrected chi connectivity index (χ2v) is 2.77. The van der Waals surface area contributed by atoms with Gasteiger partial charge < -0.3 is 4.74 Å². The van der Waals surface area contributed by atoms with Crippen LogP contribution in [0.25, 0.3) is 0 Å². The minimum Gasteiger partial charge on any atom is -0.462 e. The van der Waals surface area contributed by atoms with E-state index in [-0.39, 0.29) is 22.9 Å². The lowest BCUT2D eigenvalue weighted by Gasteiger charge is -2.02. The van der Waals surface area contributed by atoms with Crippen LogP contribution in [0.1, 0.15) is 22.8 Å². The minimum absolute atomic E-state index is 0.138. The molecule has 1 heterocycles. The third-order valence-corrected chi connectivity index (χ3v) is 1.69. The van der Waals surface area contributed by atoms with Crippen LogP contribution in [0.2, 0.25) is 5.15 Å². The Hall–Kier alpha value is -1.60. The Morgan fingerprint density at radius 1 is 1.79 bits per heavy atom. The molecule has 5 heteroatoms. The second kappa shape index (κ2) is 4.58. The van der Waals surface area contributed by atoms with Crippen LogP contribution in [0.5, 0.6) is 0 Å². The van der Waals surface area contributed by atoms with Crippen molar-refractivity contribution in [2.45, 2.75) is 6.92 Å². The Labute approximate surface area is 86.1 Å². The van der Waals surface area contributed by atoms with E-state index in [0.29, 0.717) is 0 Å². The lowest BCUT2D eigenvalue weighted by molar-refractivity contribution is 0.0525. The van der Waals surface area contributed by atoms with Crippen LogP contribution in [0, 0.1) is 11.3 Å². The van der Waals surface area contributed by atoms with Crippen LogP contribution in [-0.4, -0.2) is 17.6 Å². The van der Waals surface area contributed by atoms with Crippen molar-refractivity contribution in [3.05, 3.63) is 28.5 Å². The van der Waals surface area contributed by atoms with Gasteiger partial charge in [0, 0.05) is 6.20 Å². The number of aromatic nitrogens is 1. The van der Waals surface area contributed by atoms with Crippen LogP contribution < -0.4 is 0 Å². The van der Waals surface area contributed by atoms with Crippen molar-refractivity contribution in [3.8, 4) is 6.07 Å². The van der Waals surface area contributed by atoms with Gasteiger partial charge in [-0.3, -0.25) is 0 Å². The molecule has 0 amide bonds. The average Bonchev–Trinajstić information content (AvgIpc) is 2.17. The molecular weight excluding hydrogens is 204 g/mol. The van der Waals surface area contributed by atoms with Crippen LogP contribution >= 0.6 is 11.6 Å². The fourth-order valence-corrected chi connectivity index (χ4v) is 1.05. The molecule has 0 aliphatic carbocycles. The number of carbonyl (C=O) groups is 1. The lowest BCUT2D eigenvalue weighted by atomic mass is 10.1. The predicted octanol–water partition coefficient (Wildman–Crippen LogP) is 1.78. The Balaban J connectivity index is 3.09. The molecule has 0 spiro atoms. The molecule has 0 fully saturated rings. The Morgan fingerprint density at radius 3 is 3.07 bits per heavy atom. The zero-order chi connectivity index (χ0) is 10.6. The molecule has 0 N–H and O–H groups in total.